The summed E-state index contributed by atoms with van der Waals surface area (Å²) >= 11 is 9.35. The van der Waals surface area contributed by atoms with E-state index >= 15 is 0 Å². The highest BCUT2D eigenvalue weighted by molar-refractivity contribution is 9.10. The van der Waals surface area contributed by atoms with E-state index in [1.807, 2.05) is 6.07 Å². The molecular weight excluding hydrogens is 344 g/mol. The van der Waals surface area contributed by atoms with Gasteiger partial charge in [-0.1, -0.05) is 17.7 Å². The van der Waals surface area contributed by atoms with E-state index in [-0.39, 0.29) is 5.57 Å². The summed E-state index contributed by atoms with van der Waals surface area (Å²) < 4.78 is 5.55. The molecule has 0 aliphatic carbocycles. The van der Waals surface area contributed by atoms with Gasteiger partial charge >= 0.3 is 5.97 Å². The number of hydrogen-bond donors (Lipinski definition) is 0. The van der Waals surface area contributed by atoms with E-state index in [2.05, 4.69) is 25.9 Å². The number of benzene rings is 1. The molecule has 0 fully saturated rings. The molecule has 0 N–H and O–H groups in total. The monoisotopic (exact) mass is 352 g/mol. The van der Waals surface area contributed by atoms with Gasteiger partial charge in [0.25, 0.3) is 0 Å². The largest absolute Gasteiger partial charge is 0.465 e. The van der Waals surface area contributed by atoms with Crippen LogP contribution >= 0.6 is 27.5 Å². The van der Waals surface area contributed by atoms with Crippen molar-refractivity contribution in [3.8, 4) is 0 Å². The number of methoxy groups -OCH3 is 1. The Morgan fingerprint density at radius 3 is 2.65 bits per heavy atom. The van der Waals surface area contributed by atoms with Gasteiger partial charge in [0, 0.05) is 16.9 Å². The number of aromatic nitrogens is 2. The Hall–Kier alpha value is -1.72. The molecule has 0 atom stereocenters. The first-order valence-corrected chi connectivity index (χ1v) is 6.81. The maximum Gasteiger partial charge on any atom is 0.341 e. The van der Waals surface area contributed by atoms with Crippen LogP contribution in [0.25, 0.3) is 11.6 Å². The van der Waals surface area contributed by atoms with Gasteiger partial charge in [-0.25, -0.2) is 14.8 Å². The average Bonchev–Trinajstić information content (AvgIpc) is 2.48. The van der Waals surface area contributed by atoms with Crippen LogP contribution in [0.5, 0.6) is 0 Å². The normalized spacial score (nSPS) is 11.2. The molecule has 2 aromatic rings. The minimum Gasteiger partial charge on any atom is -0.465 e. The minimum absolute atomic E-state index is 0.270. The summed E-state index contributed by atoms with van der Waals surface area (Å²) in [6.45, 7) is 0. The molecule has 1 aromatic heterocycles. The summed E-state index contributed by atoms with van der Waals surface area (Å²) in [4.78, 5) is 20.0. The first kappa shape index (κ1) is 14.7. The van der Waals surface area contributed by atoms with Crippen LogP contribution < -0.4 is 0 Å². The molecule has 0 unspecified atom stereocenters. The Balaban J connectivity index is 2.48. The minimum atomic E-state index is -0.504. The standard InChI is InChI=1S/C14H10BrClN2O2/c1-20-14(19)10(13-17-5-2-6-18-13)7-9-3-4-11(15)12(16)8-9/h2-8H,1H3/b10-7+. The van der Waals surface area contributed by atoms with Gasteiger partial charge in [0.05, 0.1) is 12.1 Å². The quantitative estimate of drug-likeness (QED) is 0.625. The van der Waals surface area contributed by atoms with Crippen molar-refractivity contribution in [2.45, 2.75) is 0 Å². The van der Waals surface area contributed by atoms with Crippen LogP contribution in [0.2, 0.25) is 5.02 Å². The molecule has 0 amide bonds. The van der Waals surface area contributed by atoms with Gasteiger partial charge in [0.15, 0.2) is 5.82 Å². The van der Waals surface area contributed by atoms with E-state index in [0.29, 0.717) is 10.8 Å². The number of rotatable bonds is 3. The highest BCUT2D eigenvalue weighted by Crippen LogP contribution is 2.25. The van der Waals surface area contributed by atoms with E-state index in [1.165, 1.54) is 7.11 Å². The van der Waals surface area contributed by atoms with E-state index < -0.39 is 5.97 Å². The van der Waals surface area contributed by atoms with E-state index in [9.17, 15) is 4.79 Å². The van der Waals surface area contributed by atoms with Crippen LogP contribution in [0.1, 0.15) is 11.4 Å². The zero-order valence-electron chi connectivity index (χ0n) is 10.5. The molecule has 4 nitrogen and oxygen atoms in total. The Bertz CT molecular complexity index is 659. The molecule has 0 saturated carbocycles. The molecule has 20 heavy (non-hydrogen) atoms. The van der Waals surface area contributed by atoms with Crippen molar-refractivity contribution >= 4 is 45.1 Å². The van der Waals surface area contributed by atoms with Crippen molar-refractivity contribution in [1.82, 2.24) is 9.97 Å². The van der Waals surface area contributed by atoms with Crippen LogP contribution in [0.4, 0.5) is 0 Å². The summed E-state index contributed by atoms with van der Waals surface area (Å²) in [5.74, 6) is -0.200. The van der Waals surface area contributed by atoms with Crippen molar-refractivity contribution in [3.63, 3.8) is 0 Å². The zero-order chi connectivity index (χ0) is 14.5. The van der Waals surface area contributed by atoms with Crippen LogP contribution in [-0.2, 0) is 9.53 Å². The van der Waals surface area contributed by atoms with E-state index in [4.69, 9.17) is 16.3 Å². The van der Waals surface area contributed by atoms with Gasteiger partial charge in [-0.15, -0.1) is 0 Å². The summed E-state index contributed by atoms with van der Waals surface area (Å²) in [6, 6.07) is 7.03. The molecule has 0 radical (unpaired) electrons. The summed E-state index contributed by atoms with van der Waals surface area (Å²) in [5.41, 5.74) is 1.03. The third kappa shape index (κ3) is 3.43. The fourth-order valence-corrected chi connectivity index (χ4v) is 1.97. The molecular formula is C14H10BrClN2O2. The van der Waals surface area contributed by atoms with Gasteiger partial charge in [-0.05, 0) is 45.8 Å². The van der Waals surface area contributed by atoms with Crippen LogP contribution in [0.3, 0.4) is 0 Å². The number of ether oxygens (including phenoxy) is 1. The number of carbonyl (C=O) groups is 1. The van der Waals surface area contributed by atoms with Crippen molar-refractivity contribution in [3.05, 3.63) is 57.5 Å². The number of halogens is 2. The van der Waals surface area contributed by atoms with Gasteiger partial charge in [0.2, 0.25) is 0 Å². The molecule has 0 aliphatic heterocycles. The topological polar surface area (TPSA) is 52.1 Å². The Morgan fingerprint density at radius 1 is 1.35 bits per heavy atom. The first-order chi connectivity index (χ1) is 9.61. The van der Waals surface area contributed by atoms with Crippen LogP contribution in [-0.4, -0.2) is 23.0 Å². The second kappa shape index (κ2) is 6.63. The molecule has 102 valence electrons. The molecule has 0 saturated heterocycles. The molecule has 2 rings (SSSR count). The average molecular weight is 354 g/mol. The second-order valence-electron chi connectivity index (χ2n) is 3.80. The van der Waals surface area contributed by atoms with Crippen LogP contribution in [0, 0.1) is 0 Å². The predicted octanol–water partition coefficient (Wildman–Crippen LogP) is 3.61. The SMILES string of the molecule is COC(=O)/C(=C/c1ccc(Br)c(Cl)c1)c1ncccn1. The van der Waals surface area contributed by atoms with E-state index in [0.717, 1.165) is 10.0 Å². The van der Waals surface area contributed by atoms with Crippen molar-refractivity contribution in [1.29, 1.82) is 0 Å². The van der Waals surface area contributed by atoms with Gasteiger partial charge in [-0.2, -0.15) is 0 Å². The maximum absolute atomic E-state index is 11.9. The highest BCUT2D eigenvalue weighted by atomic mass is 79.9. The molecule has 1 aromatic carbocycles. The smallest absolute Gasteiger partial charge is 0.341 e. The molecule has 6 heteroatoms. The highest BCUT2D eigenvalue weighted by Gasteiger charge is 2.15. The summed E-state index contributed by atoms with van der Waals surface area (Å²) in [7, 11) is 1.31. The molecule has 1 heterocycles. The molecule has 0 bridgehead atoms. The van der Waals surface area contributed by atoms with Gasteiger partial charge in [0.1, 0.15) is 5.57 Å². The fourth-order valence-electron chi connectivity index (χ4n) is 1.53. The second-order valence-corrected chi connectivity index (χ2v) is 5.06. The van der Waals surface area contributed by atoms with Crippen molar-refractivity contribution in [2.75, 3.05) is 7.11 Å². The lowest BCUT2D eigenvalue weighted by Gasteiger charge is -2.05. The van der Waals surface area contributed by atoms with E-state index in [1.54, 1.807) is 36.7 Å². The van der Waals surface area contributed by atoms with Crippen LogP contribution in [0.15, 0.2) is 41.1 Å². The van der Waals surface area contributed by atoms with Gasteiger partial charge < -0.3 is 4.74 Å². The maximum atomic E-state index is 11.9. The number of carbonyl (C=O) groups excluding carboxylic acids is 1. The van der Waals surface area contributed by atoms with Crippen molar-refractivity contribution in [2.24, 2.45) is 0 Å². The molecule has 0 spiro atoms. The Morgan fingerprint density at radius 2 is 2.05 bits per heavy atom. The lowest BCUT2D eigenvalue weighted by atomic mass is 10.1. The zero-order valence-corrected chi connectivity index (χ0v) is 12.9. The summed E-state index contributed by atoms with van der Waals surface area (Å²) in [5, 5.41) is 0.553. The third-order valence-corrected chi connectivity index (χ3v) is 3.70. The van der Waals surface area contributed by atoms with Crippen molar-refractivity contribution < 1.29 is 9.53 Å². The fraction of sp³-hybridized carbons (Fsp3) is 0.0714. The predicted molar refractivity (Wildman–Crippen MR) is 81.1 cm³/mol. The third-order valence-electron chi connectivity index (χ3n) is 2.47. The Labute approximate surface area is 129 Å². The number of hydrogen-bond acceptors (Lipinski definition) is 4. The lowest BCUT2D eigenvalue weighted by molar-refractivity contribution is -0.133. The number of nitrogens with zero attached hydrogens (tertiary/aromatic N) is 2. The number of esters is 1. The molecule has 0 aliphatic rings. The first-order valence-electron chi connectivity index (χ1n) is 5.64. The van der Waals surface area contributed by atoms with Gasteiger partial charge in [-0.3, -0.25) is 0 Å². The Kier molecular flexibility index (Phi) is 4.87. The lowest BCUT2D eigenvalue weighted by Crippen LogP contribution is -2.06. The summed E-state index contributed by atoms with van der Waals surface area (Å²) in [6.07, 6.45) is 4.76.